The largest absolute Gasteiger partial charge is 0.452 e. The van der Waals surface area contributed by atoms with Gasteiger partial charge in [-0.2, -0.15) is 0 Å². The molecule has 0 N–H and O–H groups in total. The minimum atomic E-state index is -0.338. The van der Waals surface area contributed by atoms with Crippen molar-refractivity contribution in [3.05, 3.63) is 90.1 Å². The van der Waals surface area contributed by atoms with Crippen molar-refractivity contribution in [1.82, 2.24) is 9.88 Å². The minimum Gasteiger partial charge on any atom is -0.452 e. The van der Waals surface area contributed by atoms with Gasteiger partial charge in [0.05, 0.1) is 17.1 Å². The molecule has 4 heteroatoms. The number of para-hydroxylation sites is 1. The van der Waals surface area contributed by atoms with E-state index in [4.69, 9.17) is 4.74 Å². The van der Waals surface area contributed by atoms with Crippen LogP contribution < -0.4 is 0 Å². The smallest absolute Gasteiger partial charge is 0.338 e. The number of aryl methyl sites for hydroxylation is 1. The number of benzene rings is 2. The van der Waals surface area contributed by atoms with Gasteiger partial charge in [-0.05, 0) is 62.4 Å². The average molecular weight is 413 g/mol. The van der Waals surface area contributed by atoms with Gasteiger partial charge < -0.3 is 4.74 Å². The molecule has 31 heavy (non-hydrogen) atoms. The SMILES string of the molecule is C=CC1CN2CC[C@@H]1CC2C(OC(=O)c1ccc(C)cc1)c1ccnc2ccccc12. The van der Waals surface area contributed by atoms with Gasteiger partial charge in [0.25, 0.3) is 0 Å². The second-order valence-electron chi connectivity index (χ2n) is 8.86. The maximum atomic E-state index is 13.2. The molecule has 3 aliphatic rings. The number of rotatable bonds is 5. The van der Waals surface area contributed by atoms with E-state index in [9.17, 15) is 4.79 Å². The number of esters is 1. The van der Waals surface area contributed by atoms with Crippen LogP contribution in [0.1, 0.15) is 40.4 Å². The summed E-state index contributed by atoms with van der Waals surface area (Å²) in [5.41, 5.74) is 3.68. The first-order chi connectivity index (χ1) is 15.1. The van der Waals surface area contributed by atoms with Gasteiger partial charge in [0.15, 0.2) is 0 Å². The van der Waals surface area contributed by atoms with Crippen LogP contribution in [0.4, 0.5) is 0 Å². The lowest BCUT2D eigenvalue weighted by Gasteiger charge is -2.51. The molecule has 3 aromatic rings. The monoisotopic (exact) mass is 412 g/mol. The molecule has 3 aliphatic heterocycles. The van der Waals surface area contributed by atoms with Crippen molar-refractivity contribution in [2.24, 2.45) is 11.8 Å². The lowest BCUT2D eigenvalue weighted by atomic mass is 9.73. The third kappa shape index (κ3) is 3.77. The fourth-order valence-corrected chi connectivity index (χ4v) is 5.28. The maximum Gasteiger partial charge on any atom is 0.338 e. The Bertz CT molecular complexity index is 1100. The highest BCUT2D eigenvalue weighted by atomic mass is 16.5. The standard InChI is InChI=1S/C27H28N2O2/c1-3-19-17-29-15-13-21(19)16-25(29)26(31-27(30)20-10-8-18(2)9-11-20)23-12-14-28-24-7-5-4-6-22(23)24/h3-12,14,19,21,25-26H,1,13,15-17H2,2H3/t19?,21-,25?,26?/m1/s1. The zero-order chi connectivity index (χ0) is 21.4. The van der Waals surface area contributed by atoms with Crippen LogP contribution in [0.25, 0.3) is 10.9 Å². The average Bonchev–Trinajstić information content (AvgIpc) is 2.82. The Labute approximate surface area is 183 Å². The number of ether oxygens (including phenoxy) is 1. The van der Waals surface area contributed by atoms with Gasteiger partial charge in [0, 0.05) is 23.7 Å². The molecular formula is C27H28N2O2. The first-order valence-corrected chi connectivity index (χ1v) is 11.1. The van der Waals surface area contributed by atoms with E-state index in [0.29, 0.717) is 17.4 Å². The summed E-state index contributed by atoms with van der Waals surface area (Å²) in [4.78, 5) is 20.2. The zero-order valence-electron chi connectivity index (χ0n) is 17.9. The highest BCUT2D eigenvalue weighted by molar-refractivity contribution is 5.90. The maximum absolute atomic E-state index is 13.2. The quantitative estimate of drug-likeness (QED) is 0.419. The third-order valence-electron chi connectivity index (χ3n) is 7.01. The van der Waals surface area contributed by atoms with Crippen molar-refractivity contribution in [3.63, 3.8) is 0 Å². The van der Waals surface area contributed by atoms with Gasteiger partial charge in [-0.3, -0.25) is 9.88 Å². The Kier molecular flexibility index (Phi) is 5.33. The molecule has 2 bridgehead atoms. The molecule has 6 rings (SSSR count). The third-order valence-corrected chi connectivity index (χ3v) is 7.01. The fraction of sp³-hybridized carbons (Fsp3) is 0.333. The van der Waals surface area contributed by atoms with Crippen molar-refractivity contribution >= 4 is 16.9 Å². The number of fused-ring (bicyclic) bond motifs is 4. The van der Waals surface area contributed by atoms with Crippen molar-refractivity contribution in [1.29, 1.82) is 0 Å². The summed E-state index contributed by atoms with van der Waals surface area (Å²) in [6.07, 6.45) is 5.78. The van der Waals surface area contributed by atoms with E-state index < -0.39 is 0 Å². The van der Waals surface area contributed by atoms with Gasteiger partial charge >= 0.3 is 5.97 Å². The summed E-state index contributed by atoms with van der Waals surface area (Å²) in [7, 11) is 0. The van der Waals surface area contributed by atoms with Crippen molar-refractivity contribution in [2.75, 3.05) is 13.1 Å². The molecule has 0 aliphatic carbocycles. The fourth-order valence-electron chi connectivity index (χ4n) is 5.28. The molecule has 5 atom stereocenters. The topological polar surface area (TPSA) is 42.4 Å². The number of carbonyl (C=O) groups is 1. The van der Waals surface area contributed by atoms with Crippen LogP contribution in [-0.2, 0) is 4.74 Å². The second kappa shape index (κ2) is 8.27. The van der Waals surface area contributed by atoms with Crippen molar-refractivity contribution < 1.29 is 9.53 Å². The molecule has 2 aromatic carbocycles. The van der Waals surface area contributed by atoms with Gasteiger partial charge in [-0.1, -0.05) is 42.0 Å². The van der Waals surface area contributed by atoms with Gasteiger partial charge in [-0.15, -0.1) is 6.58 Å². The van der Waals surface area contributed by atoms with Crippen LogP contribution in [0.15, 0.2) is 73.4 Å². The molecule has 4 nitrogen and oxygen atoms in total. The van der Waals surface area contributed by atoms with Gasteiger partial charge in [0.1, 0.15) is 6.10 Å². The minimum absolute atomic E-state index is 0.162. The molecule has 1 aromatic heterocycles. The molecule has 0 spiro atoms. The first kappa shape index (κ1) is 20.0. The molecule has 158 valence electrons. The van der Waals surface area contributed by atoms with E-state index in [2.05, 4.69) is 28.6 Å². The Balaban J connectivity index is 1.53. The van der Waals surface area contributed by atoms with E-state index in [1.807, 2.05) is 61.7 Å². The van der Waals surface area contributed by atoms with E-state index in [1.54, 1.807) is 0 Å². The van der Waals surface area contributed by atoms with E-state index in [-0.39, 0.29) is 18.1 Å². The molecule has 4 heterocycles. The van der Waals surface area contributed by atoms with Crippen LogP contribution >= 0.6 is 0 Å². The van der Waals surface area contributed by atoms with E-state index in [0.717, 1.165) is 41.5 Å². The molecule has 0 saturated carbocycles. The summed E-state index contributed by atoms with van der Waals surface area (Å²) in [6.45, 7) is 8.09. The highest BCUT2D eigenvalue weighted by Gasteiger charge is 2.44. The molecule has 4 unspecified atom stereocenters. The predicted octanol–water partition coefficient (Wildman–Crippen LogP) is 5.34. The predicted molar refractivity (Wildman–Crippen MR) is 123 cm³/mol. The van der Waals surface area contributed by atoms with Crippen LogP contribution in [0.5, 0.6) is 0 Å². The Morgan fingerprint density at radius 2 is 2.00 bits per heavy atom. The lowest BCUT2D eigenvalue weighted by molar-refractivity contribution is -0.0568. The number of hydrogen-bond acceptors (Lipinski definition) is 4. The Morgan fingerprint density at radius 3 is 2.74 bits per heavy atom. The molecular weight excluding hydrogens is 384 g/mol. The molecule has 3 fully saturated rings. The van der Waals surface area contributed by atoms with E-state index >= 15 is 0 Å². The number of carbonyl (C=O) groups excluding carboxylic acids is 1. The number of aromatic nitrogens is 1. The van der Waals surface area contributed by atoms with Crippen LogP contribution in [0, 0.1) is 18.8 Å². The number of hydrogen-bond donors (Lipinski definition) is 0. The number of piperidine rings is 3. The zero-order valence-corrected chi connectivity index (χ0v) is 17.9. The van der Waals surface area contributed by atoms with Crippen LogP contribution in [0.3, 0.4) is 0 Å². The van der Waals surface area contributed by atoms with Crippen LogP contribution in [0.2, 0.25) is 0 Å². The molecule has 3 saturated heterocycles. The van der Waals surface area contributed by atoms with Gasteiger partial charge in [0.2, 0.25) is 0 Å². The van der Waals surface area contributed by atoms with Crippen molar-refractivity contribution in [2.45, 2.75) is 31.9 Å². The highest BCUT2D eigenvalue weighted by Crippen LogP contribution is 2.43. The summed E-state index contributed by atoms with van der Waals surface area (Å²) >= 11 is 0. The second-order valence-corrected chi connectivity index (χ2v) is 8.86. The molecule has 0 amide bonds. The normalized spacial score (nSPS) is 25.8. The lowest BCUT2D eigenvalue weighted by Crippen LogP contribution is -2.55. The van der Waals surface area contributed by atoms with Crippen LogP contribution in [-0.4, -0.2) is 35.0 Å². The number of pyridine rings is 1. The summed E-state index contributed by atoms with van der Waals surface area (Å²) in [5, 5.41) is 1.05. The Hall–Kier alpha value is -2.98. The Morgan fingerprint density at radius 1 is 1.19 bits per heavy atom. The van der Waals surface area contributed by atoms with Crippen molar-refractivity contribution in [3.8, 4) is 0 Å². The summed E-state index contributed by atoms with van der Waals surface area (Å²) in [5.74, 6) is 0.850. The van der Waals surface area contributed by atoms with Gasteiger partial charge in [-0.25, -0.2) is 4.79 Å². The summed E-state index contributed by atoms with van der Waals surface area (Å²) in [6, 6.07) is 17.9. The first-order valence-electron chi connectivity index (χ1n) is 11.1. The molecule has 0 radical (unpaired) electrons. The summed E-state index contributed by atoms with van der Waals surface area (Å²) < 4.78 is 6.30. The van der Waals surface area contributed by atoms with E-state index in [1.165, 1.54) is 6.42 Å². The number of nitrogens with zero attached hydrogens (tertiary/aromatic N) is 2.